The zero-order chi connectivity index (χ0) is 13.8. The van der Waals surface area contributed by atoms with E-state index in [2.05, 4.69) is 10.6 Å². The van der Waals surface area contributed by atoms with Crippen LogP contribution < -0.4 is 15.4 Å². The minimum atomic E-state index is -0.524. The number of carbonyl (C=O) groups excluding carboxylic acids is 2. The Kier molecular flexibility index (Phi) is 3.66. The predicted molar refractivity (Wildman–Crippen MR) is 68.6 cm³/mol. The maximum absolute atomic E-state index is 11.5. The largest absolute Gasteiger partial charge is 0.479 e. The maximum atomic E-state index is 11.5. The molecule has 1 aromatic rings. The van der Waals surface area contributed by atoms with Crippen LogP contribution in [0.1, 0.15) is 19.8 Å². The molecule has 0 aliphatic carbocycles. The topological polar surface area (TPSA) is 91.2 Å². The fourth-order valence-electron chi connectivity index (χ4n) is 1.68. The van der Waals surface area contributed by atoms with Crippen LogP contribution in [0, 0.1) is 11.3 Å². The summed E-state index contributed by atoms with van der Waals surface area (Å²) >= 11 is 0. The molecule has 1 heterocycles. The van der Waals surface area contributed by atoms with Crippen LogP contribution in [0.25, 0.3) is 0 Å². The van der Waals surface area contributed by atoms with Crippen LogP contribution in [0.2, 0.25) is 0 Å². The van der Waals surface area contributed by atoms with Crippen molar-refractivity contribution >= 4 is 23.2 Å². The highest BCUT2D eigenvalue weighted by atomic mass is 16.5. The van der Waals surface area contributed by atoms with Gasteiger partial charge in [-0.15, -0.1) is 0 Å². The minimum Gasteiger partial charge on any atom is -0.479 e. The summed E-state index contributed by atoms with van der Waals surface area (Å²) < 4.78 is 5.40. The monoisotopic (exact) mass is 259 g/mol. The van der Waals surface area contributed by atoms with Gasteiger partial charge in [-0.25, -0.2) is 0 Å². The summed E-state index contributed by atoms with van der Waals surface area (Å²) in [6.07, 6.45) is -0.203. The lowest BCUT2D eigenvalue weighted by molar-refractivity contribution is -0.122. The number of carbonyl (C=O) groups is 2. The van der Waals surface area contributed by atoms with Crippen LogP contribution in [0.15, 0.2) is 18.2 Å². The number of nitriles is 1. The number of amides is 2. The molecule has 0 bridgehead atoms. The third kappa shape index (κ3) is 3.01. The molecule has 0 spiro atoms. The Hall–Kier alpha value is -2.55. The maximum Gasteiger partial charge on any atom is 0.265 e. The third-order valence-corrected chi connectivity index (χ3v) is 2.66. The summed E-state index contributed by atoms with van der Waals surface area (Å²) in [6, 6.07) is 6.91. The van der Waals surface area contributed by atoms with Crippen LogP contribution in [-0.2, 0) is 9.59 Å². The number of ether oxygens (including phenoxy) is 1. The number of fused-ring (bicyclic) bond motifs is 1. The van der Waals surface area contributed by atoms with Crippen molar-refractivity contribution < 1.29 is 14.3 Å². The number of benzene rings is 1. The van der Waals surface area contributed by atoms with Crippen LogP contribution in [0.4, 0.5) is 11.4 Å². The molecule has 6 heteroatoms. The van der Waals surface area contributed by atoms with Gasteiger partial charge in [-0.3, -0.25) is 9.59 Å². The molecule has 0 saturated heterocycles. The molecule has 0 fully saturated rings. The molecule has 19 heavy (non-hydrogen) atoms. The normalized spacial score (nSPS) is 16.6. The molecule has 2 amide bonds. The molecule has 0 saturated carbocycles. The van der Waals surface area contributed by atoms with Crippen molar-refractivity contribution in [2.45, 2.75) is 25.9 Å². The average molecular weight is 259 g/mol. The molecule has 2 rings (SSSR count). The van der Waals surface area contributed by atoms with Crippen molar-refractivity contribution in [3.05, 3.63) is 18.2 Å². The Balaban J connectivity index is 2.09. The molecule has 6 nitrogen and oxygen atoms in total. The minimum absolute atomic E-state index is 0.146. The average Bonchev–Trinajstić information content (AvgIpc) is 2.38. The molecule has 1 unspecified atom stereocenters. The highest BCUT2D eigenvalue weighted by molar-refractivity contribution is 5.99. The fourth-order valence-corrected chi connectivity index (χ4v) is 1.68. The zero-order valence-electron chi connectivity index (χ0n) is 10.4. The first kappa shape index (κ1) is 12.9. The quantitative estimate of drug-likeness (QED) is 0.863. The van der Waals surface area contributed by atoms with E-state index in [0.29, 0.717) is 17.1 Å². The van der Waals surface area contributed by atoms with Crippen molar-refractivity contribution in [3.63, 3.8) is 0 Å². The molecule has 1 aliphatic heterocycles. The van der Waals surface area contributed by atoms with Gasteiger partial charge in [0.15, 0.2) is 6.10 Å². The molecule has 0 aromatic heterocycles. The van der Waals surface area contributed by atoms with E-state index in [4.69, 9.17) is 10.00 Å². The van der Waals surface area contributed by atoms with E-state index in [9.17, 15) is 9.59 Å². The van der Waals surface area contributed by atoms with Crippen LogP contribution in [0.5, 0.6) is 5.75 Å². The van der Waals surface area contributed by atoms with Crippen molar-refractivity contribution in [3.8, 4) is 11.8 Å². The summed E-state index contributed by atoms with van der Waals surface area (Å²) in [4.78, 5) is 22.9. The van der Waals surface area contributed by atoms with Gasteiger partial charge in [0.1, 0.15) is 5.75 Å². The highest BCUT2D eigenvalue weighted by Crippen LogP contribution is 2.32. The van der Waals surface area contributed by atoms with Gasteiger partial charge in [0, 0.05) is 18.5 Å². The molecule has 98 valence electrons. The predicted octanol–water partition coefficient (Wildman–Crippen LogP) is 1.65. The SMILES string of the molecule is CC1Oc2ccc(NC(=O)CCC#N)cc2NC1=O. The second kappa shape index (κ2) is 5.40. The van der Waals surface area contributed by atoms with Gasteiger partial charge >= 0.3 is 0 Å². The Morgan fingerprint density at radius 2 is 2.37 bits per heavy atom. The summed E-state index contributed by atoms with van der Waals surface area (Å²) in [7, 11) is 0. The van der Waals surface area contributed by atoms with Crippen molar-refractivity contribution in [1.82, 2.24) is 0 Å². The molecule has 0 radical (unpaired) electrons. The van der Waals surface area contributed by atoms with Gasteiger partial charge < -0.3 is 15.4 Å². The van der Waals surface area contributed by atoms with E-state index in [1.807, 2.05) is 6.07 Å². The number of hydrogen-bond donors (Lipinski definition) is 2. The van der Waals surface area contributed by atoms with Crippen LogP contribution in [0.3, 0.4) is 0 Å². The molecular formula is C13H13N3O3. The first-order valence-electron chi connectivity index (χ1n) is 5.88. The van der Waals surface area contributed by atoms with Gasteiger partial charge in [-0.05, 0) is 25.1 Å². The molecule has 1 aromatic carbocycles. The lowest BCUT2D eigenvalue weighted by Gasteiger charge is -2.23. The Labute approximate surface area is 110 Å². The van der Waals surface area contributed by atoms with E-state index < -0.39 is 6.10 Å². The Morgan fingerprint density at radius 3 is 3.11 bits per heavy atom. The number of nitrogens with zero attached hydrogens (tertiary/aromatic N) is 1. The zero-order valence-corrected chi connectivity index (χ0v) is 10.4. The van der Waals surface area contributed by atoms with Crippen molar-refractivity contribution in [2.75, 3.05) is 10.6 Å². The van der Waals surface area contributed by atoms with E-state index in [0.717, 1.165) is 0 Å². The molecule has 1 aliphatic rings. The van der Waals surface area contributed by atoms with Gasteiger partial charge in [0.2, 0.25) is 5.91 Å². The van der Waals surface area contributed by atoms with Gasteiger partial charge in [-0.1, -0.05) is 0 Å². The second-order valence-electron chi connectivity index (χ2n) is 4.17. The van der Waals surface area contributed by atoms with Crippen LogP contribution in [-0.4, -0.2) is 17.9 Å². The standard InChI is InChI=1S/C13H13N3O3/c1-8-13(18)16-10-7-9(4-5-11(10)19-8)15-12(17)3-2-6-14/h4-5,7-8H,2-3H2,1H3,(H,15,17)(H,16,18). The fraction of sp³-hybridized carbons (Fsp3) is 0.308. The van der Waals surface area contributed by atoms with Crippen LogP contribution >= 0.6 is 0 Å². The summed E-state index contributed by atoms with van der Waals surface area (Å²) in [5, 5.41) is 13.8. The first-order valence-corrected chi connectivity index (χ1v) is 5.88. The number of anilines is 2. The van der Waals surface area contributed by atoms with E-state index in [-0.39, 0.29) is 24.7 Å². The Morgan fingerprint density at radius 1 is 1.58 bits per heavy atom. The Bertz CT molecular complexity index is 563. The van der Waals surface area contributed by atoms with Crippen molar-refractivity contribution in [2.24, 2.45) is 0 Å². The molecule has 1 atom stereocenters. The van der Waals surface area contributed by atoms with Gasteiger partial charge in [-0.2, -0.15) is 5.26 Å². The summed E-state index contributed by atoms with van der Waals surface area (Å²) in [5.41, 5.74) is 1.08. The van der Waals surface area contributed by atoms with Gasteiger partial charge in [0.05, 0.1) is 11.8 Å². The van der Waals surface area contributed by atoms with E-state index in [1.165, 1.54) is 0 Å². The van der Waals surface area contributed by atoms with Crippen molar-refractivity contribution in [1.29, 1.82) is 5.26 Å². The highest BCUT2D eigenvalue weighted by Gasteiger charge is 2.23. The second-order valence-corrected chi connectivity index (χ2v) is 4.17. The summed E-state index contributed by atoms with van der Waals surface area (Å²) in [5.74, 6) is 0.112. The lowest BCUT2D eigenvalue weighted by atomic mass is 10.2. The van der Waals surface area contributed by atoms with E-state index >= 15 is 0 Å². The third-order valence-electron chi connectivity index (χ3n) is 2.66. The number of hydrogen-bond acceptors (Lipinski definition) is 4. The molecular weight excluding hydrogens is 246 g/mol. The van der Waals surface area contributed by atoms with Gasteiger partial charge in [0.25, 0.3) is 5.91 Å². The van der Waals surface area contributed by atoms with E-state index in [1.54, 1.807) is 25.1 Å². The summed E-state index contributed by atoms with van der Waals surface area (Å²) in [6.45, 7) is 1.66. The number of rotatable bonds is 3. The first-order chi connectivity index (χ1) is 9.10. The smallest absolute Gasteiger partial charge is 0.265 e. The lowest BCUT2D eigenvalue weighted by Crippen LogP contribution is -2.34. The number of nitrogens with one attached hydrogen (secondary N) is 2. The molecule has 2 N–H and O–H groups in total.